The van der Waals surface area contributed by atoms with Crippen LogP contribution in [0.3, 0.4) is 0 Å². The van der Waals surface area contributed by atoms with Crippen molar-refractivity contribution in [1.82, 2.24) is 0 Å². The zero-order chi connectivity index (χ0) is 15.8. The minimum absolute atomic E-state index is 0.264. The summed E-state index contributed by atoms with van der Waals surface area (Å²) in [5.74, 6) is 2.50. The fourth-order valence-corrected chi connectivity index (χ4v) is 4.29. The van der Waals surface area contributed by atoms with Crippen LogP contribution in [0.1, 0.15) is 61.1 Å². The maximum Gasteiger partial charge on any atom is 0.123 e. The molecule has 1 fully saturated rings. The fraction of sp³-hybridized carbons (Fsp3) is 0.429. The van der Waals surface area contributed by atoms with Crippen molar-refractivity contribution in [3.8, 4) is 11.5 Å². The van der Waals surface area contributed by atoms with Gasteiger partial charge < -0.3 is 9.84 Å². The van der Waals surface area contributed by atoms with Crippen LogP contribution in [0.4, 0.5) is 0 Å². The highest BCUT2D eigenvalue weighted by molar-refractivity contribution is 5.50. The van der Waals surface area contributed by atoms with Gasteiger partial charge in [0.25, 0.3) is 0 Å². The van der Waals surface area contributed by atoms with E-state index in [2.05, 4.69) is 43.3 Å². The van der Waals surface area contributed by atoms with E-state index >= 15 is 0 Å². The fourth-order valence-electron chi connectivity index (χ4n) is 4.29. The van der Waals surface area contributed by atoms with Crippen molar-refractivity contribution in [1.29, 1.82) is 0 Å². The van der Waals surface area contributed by atoms with Crippen LogP contribution < -0.4 is 4.74 Å². The Balaban J connectivity index is 1.57. The van der Waals surface area contributed by atoms with Crippen LogP contribution in [-0.4, -0.2) is 11.2 Å². The second kappa shape index (κ2) is 5.92. The minimum Gasteiger partial charge on any atom is -0.508 e. The van der Waals surface area contributed by atoms with Gasteiger partial charge in [0.05, 0.1) is 0 Å². The second-order valence-electron chi connectivity index (χ2n) is 6.95. The van der Waals surface area contributed by atoms with E-state index in [0.29, 0.717) is 17.6 Å². The molecule has 3 atom stereocenters. The van der Waals surface area contributed by atoms with Gasteiger partial charge in [-0.3, -0.25) is 0 Å². The molecule has 0 spiro atoms. The number of phenolic OH excluding ortho intramolecular Hbond substituents is 1. The van der Waals surface area contributed by atoms with E-state index in [-0.39, 0.29) is 6.10 Å². The molecule has 0 aromatic heterocycles. The van der Waals surface area contributed by atoms with E-state index in [1.165, 1.54) is 17.5 Å². The topological polar surface area (TPSA) is 29.5 Å². The summed E-state index contributed by atoms with van der Waals surface area (Å²) in [6.45, 7) is 2.14. The lowest BCUT2D eigenvalue weighted by molar-refractivity contribution is 0.151. The number of phenols is 1. The predicted molar refractivity (Wildman–Crippen MR) is 92.3 cm³/mol. The highest BCUT2D eigenvalue weighted by atomic mass is 16.5. The van der Waals surface area contributed by atoms with E-state index in [4.69, 9.17) is 4.74 Å². The molecular formula is C21H24O2. The van der Waals surface area contributed by atoms with Crippen LogP contribution in [0.2, 0.25) is 0 Å². The Hall–Kier alpha value is -1.96. The Kier molecular flexibility index (Phi) is 3.76. The van der Waals surface area contributed by atoms with Crippen LogP contribution in [-0.2, 0) is 6.42 Å². The van der Waals surface area contributed by atoms with Crippen molar-refractivity contribution in [2.45, 2.75) is 57.0 Å². The van der Waals surface area contributed by atoms with Gasteiger partial charge in [0.1, 0.15) is 17.6 Å². The molecule has 1 N–H and O–H groups in total. The molecule has 1 saturated carbocycles. The third-order valence-electron chi connectivity index (χ3n) is 5.47. The number of fused-ring (bicyclic) bond motifs is 3. The molecule has 23 heavy (non-hydrogen) atoms. The molecule has 1 heterocycles. The first kappa shape index (κ1) is 14.6. The average Bonchev–Trinajstić information content (AvgIpc) is 2.93. The van der Waals surface area contributed by atoms with Gasteiger partial charge in [0.15, 0.2) is 0 Å². The van der Waals surface area contributed by atoms with Gasteiger partial charge in [0.2, 0.25) is 0 Å². The zero-order valence-electron chi connectivity index (χ0n) is 13.7. The van der Waals surface area contributed by atoms with E-state index < -0.39 is 0 Å². The molecule has 2 aromatic carbocycles. The van der Waals surface area contributed by atoms with Crippen LogP contribution in [0.5, 0.6) is 11.5 Å². The van der Waals surface area contributed by atoms with Crippen molar-refractivity contribution in [2.75, 3.05) is 0 Å². The number of aromatic hydroxyl groups is 1. The molecule has 0 radical (unpaired) electrons. The lowest BCUT2D eigenvalue weighted by atomic mass is 9.75. The van der Waals surface area contributed by atoms with Crippen molar-refractivity contribution in [2.24, 2.45) is 0 Å². The standard InChI is InChI=1S/C21H24O2/c1-2-6-16-12-21-18(13-19(16)22)17-10-9-15(11-20(17)23-21)14-7-4-3-5-8-14/h3-5,7-8,12-13,15,17,20,22H,2,6,9-11H2,1H3/t15-,17+,20-/m0/s1. The number of aryl methyl sites for hydroxylation is 1. The summed E-state index contributed by atoms with van der Waals surface area (Å²) in [5.41, 5.74) is 3.67. The third-order valence-corrected chi connectivity index (χ3v) is 5.47. The molecule has 2 heteroatoms. The summed E-state index contributed by atoms with van der Waals surface area (Å²) in [5, 5.41) is 10.3. The molecule has 0 unspecified atom stereocenters. The summed E-state index contributed by atoms with van der Waals surface area (Å²) in [6, 6.07) is 14.8. The Morgan fingerprint density at radius 1 is 1.13 bits per heavy atom. The van der Waals surface area contributed by atoms with Crippen molar-refractivity contribution >= 4 is 0 Å². The van der Waals surface area contributed by atoms with Crippen molar-refractivity contribution in [3.63, 3.8) is 0 Å². The molecule has 0 saturated heterocycles. The van der Waals surface area contributed by atoms with Crippen molar-refractivity contribution in [3.05, 3.63) is 59.2 Å². The maximum atomic E-state index is 10.3. The number of benzene rings is 2. The molecule has 2 nitrogen and oxygen atoms in total. The van der Waals surface area contributed by atoms with E-state index in [0.717, 1.165) is 37.0 Å². The number of hydrogen-bond acceptors (Lipinski definition) is 2. The van der Waals surface area contributed by atoms with Gasteiger partial charge in [-0.15, -0.1) is 0 Å². The second-order valence-corrected chi connectivity index (χ2v) is 6.95. The Morgan fingerprint density at radius 2 is 1.96 bits per heavy atom. The normalized spacial score (nSPS) is 25.5. The maximum absolute atomic E-state index is 10.3. The minimum atomic E-state index is 0.264. The van der Waals surface area contributed by atoms with Crippen LogP contribution in [0.15, 0.2) is 42.5 Å². The largest absolute Gasteiger partial charge is 0.508 e. The Labute approximate surface area is 138 Å². The predicted octanol–water partition coefficient (Wildman–Crippen LogP) is 5.16. The van der Waals surface area contributed by atoms with E-state index in [1.54, 1.807) is 0 Å². The molecule has 1 aliphatic carbocycles. The summed E-state index contributed by atoms with van der Waals surface area (Å²) in [6.07, 6.45) is 5.63. The smallest absolute Gasteiger partial charge is 0.123 e. The first-order valence-corrected chi connectivity index (χ1v) is 8.83. The van der Waals surface area contributed by atoms with Crippen LogP contribution in [0, 0.1) is 0 Å². The van der Waals surface area contributed by atoms with Crippen molar-refractivity contribution < 1.29 is 9.84 Å². The first-order chi connectivity index (χ1) is 11.3. The van der Waals surface area contributed by atoms with Gasteiger partial charge in [0, 0.05) is 11.5 Å². The zero-order valence-corrected chi connectivity index (χ0v) is 13.7. The number of ether oxygens (including phenoxy) is 1. The lowest BCUT2D eigenvalue weighted by Crippen LogP contribution is -2.27. The average molecular weight is 308 g/mol. The summed E-state index contributed by atoms with van der Waals surface area (Å²) in [4.78, 5) is 0. The number of hydrogen-bond donors (Lipinski definition) is 1. The monoisotopic (exact) mass is 308 g/mol. The van der Waals surface area contributed by atoms with Crippen LogP contribution in [0.25, 0.3) is 0 Å². The molecule has 120 valence electrons. The van der Waals surface area contributed by atoms with Gasteiger partial charge in [-0.05, 0) is 54.9 Å². The lowest BCUT2D eigenvalue weighted by Gasteiger charge is -2.31. The Morgan fingerprint density at radius 3 is 2.74 bits per heavy atom. The van der Waals surface area contributed by atoms with Gasteiger partial charge in [-0.25, -0.2) is 0 Å². The SMILES string of the molecule is CCCc1cc2c(cc1O)[C@H]1CC[C@H](c3ccccc3)C[C@@H]1O2. The summed E-state index contributed by atoms with van der Waals surface area (Å²) in [7, 11) is 0. The summed E-state index contributed by atoms with van der Waals surface area (Å²) >= 11 is 0. The van der Waals surface area contributed by atoms with Gasteiger partial charge in [-0.1, -0.05) is 43.7 Å². The molecule has 0 amide bonds. The molecule has 1 aliphatic heterocycles. The quantitative estimate of drug-likeness (QED) is 0.849. The van der Waals surface area contributed by atoms with Gasteiger partial charge in [-0.2, -0.15) is 0 Å². The molecule has 0 bridgehead atoms. The van der Waals surface area contributed by atoms with E-state index in [1.807, 2.05) is 6.07 Å². The van der Waals surface area contributed by atoms with Crippen LogP contribution >= 0.6 is 0 Å². The van der Waals surface area contributed by atoms with E-state index in [9.17, 15) is 5.11 Å². The first-order valence-electron chi connectivity index (χ1n) is 8.83. The molecule has 4 rings (SSSR count). The molecule has 2 aliphatic rings. The molecular weight excluding hydrogens is 284 g/mol. The third kappa shape index (κ3) is 2.60. The summed E-state index contributed by atoms with van der Waals surface area (Å²) < 4.78 is 6.29. The molecule has 2 aromatic rings. The van der Waals surface area contributed by atoms with Gasteiger partial charge >= 0.3 is 0 Å². The Bertz CT molecular complexity index is 692. The highest BCUT2D eigenvalue weighted by Gasteiger charge is 2.40. The number of rotatable bonds is 3. The highest BCUT2D eigenvalue weighted by Crippen LogP contribution is 2.50.